The standard InChI is InChI=1S/C34H39FN4O5/c1-20(40)37-14-12-22(13-15-37)38-19-23(41)18-25-30-24-8-6-7-9-28(24)39(33(42)44-34(2,3)4)31(30)27(36-32(25)38)17-21-10-11-29(43-5)26(35)16-21/h6-11,16,22-23,41H,12-15,17-19H2,1-5H3. The number of methoxy groups -OCH3 is 1. The second kappa shape index (κ2) is 11.4. The number of amides is 1. The molecule has 0 bridgehead atoms. The summed E-state index contributed by atoms with van der Waals surface area (Å²) in [5.41, 5.74) is 2.68. The van der Waals surface area contributed by atoms with E-state index in [1.54, 1.807) is 23.6 Å². The predicted molar refractivity (Wildman–Crippen MR) is 167 cm³/mol. The molecule has 4 aromatic rings. The molecule has 2 aromatic carbocycles. The summed E-state index contributed by atoms with van der Waals surface area (Å²) in [4.78, 5) is 35.2. The van der Waals surface area contributed by atoms with Crippen LogP contribution in [0.3, 0.4) is 0 Å². The van der Waals surface area contributed by atoms with Gasteiger partial charge in [0.15, 0.2) is 11.6 Å². The van der Waals surface area contributed by atoms with Crippen LogP contribution in [0, 0.1) is 5.82 Å². The van der Waals surface area contributed by atoms with Gasteiger partial charge in [0, 0.05) is 61.8 Å². The number of pyridine rings is 1. The lowest BCUT2D eigenvalue weighted by atomic mass is 9.93. The lowest BCUT2D eigenvalue weighted by Crippen LogP contribution is -2.51. The van der Waals surface area contributed by atoms with E-state index < -0.39 is 23.6 Å². The SMILES string of the molecule is COc1ccc(Cc2nc3c(c4c5ccccc5n(C(=O)OC(C)(C)C)c24)CC(O)CN3C2CCN(C(C)=O)CC2)cc1F. The highest BCUT2D eigenvalue weighted by Gasteiger charge is 2.36. The first-order valence-electron chi connectivity index (χ1n) is 15.2. The lowest BCUT2D eigenvalue weighted by Gasteiger charge is -2.43. The monoisotopic (exact) mass is 602 g/mol. The van der Waals surface area contributed by atoms with Gasteiger partial charge in [-0.3, -0.25) is 4.79 Å². The molecule has 0 spiro atoms. The van der Waals surface area contributed by atoms with Crippen LogP contribution in [0.4, 0.5) is 15.0 Å². The molecule has 1 saturated heterocycles. The summed E-state index contributed by atoms with van der Waals surface area (Å²) in [7, 11) is 1.43. The van der Waals surface area contributed by atoms with Gasteiger partial charge < -0.3 is 24.4 Å². The molecular formula is C34H39FN4O5. The van der Waals surface area contributed by atoms with Gasteiger partial charge in [-0.15, -0.1) is 0 Å². The molecule has 1 atom stereocenters. The van der Waals surface area contributed by atoms with Crippen LogP contribution in [0.15, 0.2) is 42.5 Å². The van der Waals surface area contributed by atoms with Gasteiger partial charge >= 0.3 is 6.09 Å². The van der Waals surface area contributed by atoms with Gasteiger partial charge in [-0.2, -0.15) is 0 Å². The summed E-state index contributed by atoms with van der Waals surface area (Å²) >= 11 is 0. The predicted octanol–water partition coefficient (Wildman–Crippen LogP) is 5.45. The fraction of sp³-hybridized carbons (Fsp3) is 0.441. The molecule has 1 N–H and O–H groups in total. The maximum absolute atomic E-state index is 14.8. The third-order valence-corrected chi connectivity index (χ3v) is 8.59. The zero-order valence-electron chi connectivity index (χ0n) is 25.9. The van der Waals surface area contributed by atoms with E-state index in [-0.39, 0.29) is 24.1 Å². The molecule has 9 nitrogen and oxygen atoms in total. The summed E-state index contributed by atoms with van der Waals surface area (Å²) in [5.74, 6) is 0.498. The molecule has 1 fully saturated rings. The Morgan fingerprint density at radius 1 is 1.11 bits per heavy atom. The number of hydrogen-bond acceptors (Lipinski definition) is 7. The average Bonchev–Trinajstić information content (AvgIpc) is 3.33. The van der Waals surface area contributed by atoms with Gasteiger partial charge in [0.1, 0.15) is 11.4 Å². The van der Waals surface area contributed by atoms with Crippen molar-refractivity contribution in [3.05, 3.63) is 65.1 Å². The fourth-order valence-corrected chi connectivity index (χ4v) is 6.67. The average molecular weight is 603 g/mol. The zero-order valence-corrected chi connectivity index (χ0v) is 25.9. The Labute approximate surface area is 256 Å². The molecule has 0 saturated carbocycles. The Kier molecular flexibility index (Phi) is 7.73. The van der Waals surface area contributed by atoms with Crippen LogP contribution < -0.4 is 9.64 Å². The molecule has 10 heteroatoms. The summed E-state index contributed by atoms with van der Waals surface area (Å²) in [6.45, 7) is 8.76. The number of anilines is 1. The number of para-hydroxylation sites is 1. The number of ether oxygens (including phenoxy) is 2. The van der Waals surface area contributed by atoms with Crippen LogP contribution in [0.5, 0.6) is 5.75 Å². The minimum atomic E-state index is -0.739. The van der Waals surface area contributed by atoms with Crippen molar-refractivity contribution in [3.63, 3.8) is 0 Å². The maximum Gasteiger partial charge on any atom is 0.419 e. The Morgan fingerprint density at radius 3 is 2.50 bits per heavy atom. The first kappa shape index (κ1) is 29.9. The van der Waals surface area contributed by atoms with Crippen molar-refractivity contribution < 1.29 is 28.6 Å². The summed E-state index contributed by atoms with van der Waals surface area (Å²) in [6.07, 6.45) is 0.972. The largest absolute Gasteiger partial charge is 0.494 e. The molecule has 232 valence electrons. The van der Waals surface area contributed by atoms with Crippen molar-refractivity contribution in [1.29, 1.82) is 0 Å². The highest BCUT2D eigenvalue weighted by atomic mass is 19.1. The first-order valence-corrected chi connectivity index (χ1v) is 15.2. The molecule has 1 unspecified atom stereocenters. The summed E-state index contributed by atoms with van der Waals surface area (Å²) in [6, 6.07) is 12.6. The maximum atomic E-state index is 14.8. The number of halogens is 1. The van der Waals surface area contributed by atoms with Crippen LogP contribution >= 0.6 is 0 Å². The van der Waals surface area contributed by atoms with Crippen LogP contribution in [-0.4, -0.2) is 76.0 Å². The topological polar surface area (TPSA) is 97.1 Å². The number of carbonyl (C=O) groups is 2. The van der Waals surface area contributed by atoms with Crippen LogP contribution in [-0.2, 0) is 22.4 Å². The second-order valence-corrected chi connectivity index (χ2v) is 12.8. The van der Waals surface area contributed by atoms with E-state index in [4.69, 9.17) is 14.5 Å². The number of piperidine rings is 1. The minimum absolute atomic E-state index is 0.0614. The van der Waals surface area contributed by atoms with E-state index in [1.807, 2.05) is 49.9 Å². The van der Waals surface area contributed by atoms with Crippen molar-refractivity contribution in [1.82, 2.24) is 14.5 Å². The molecular weight excluding hydrogens is 563 g/mol. The number of aliphatic hydroxyl groups is 1. The third kappa shape index (κ3) is 5.47. The van der Waals surface area contributed by atoms with Gasteiger partial charge in [-0.05, 0) is 57.4 Å². The van der Waals surface area contributed by atoms with Crippen molar-refractivity contribution in [2.75, 3.05) is 31.6 Å². The third-order valence-electron chi connectivity index (χ3n) is 8.59. The van der Waals surface area contributed by atoms with Crippen LogP contribution in [0.25, 0.3) is 21.8 Å². The van der Waals surface area contributed by atoms with Crippen molar-refractivity contribution >= 4 is 39.6 Å². The Bertz CT molecular complexity index is 1750. The van der Waals surface area contributed by atoms with Gasteiger partial charge in [-0.1, -0.05) is 24.3 Å². The Hall–Kier alpha value is -4.18. The number of aliphatic hydroxyl groups excluding tert-OH is 1. The Balaban J connectivity index is 1.59. The van der Waals surface area contributed by atoms with Gasteiger partial charge in [-0.25, -0.2) is 18.7 Å². The quantitative estimate of drug-likeness (QED) is 0.332. The number of carbonyl (C=O) groups excluding carboxylic acids is 2. The normalized spacial score (nSPS) is 17.7. The van der Waals surface area contributed by atoms with E-state index in [9.17, 15) is 19.1 Å². The number of aromatic nitrogens is 2. The van der Waals surface area contributed by atoms with Gasteiger partial charge in [0.05, 0.1) is 29.9 Å². The highest BCUT2D eigenvalue weighted by Crippen LogP contribution is 2.42. The number of fused-ring (bicyclic) bond motifs is 5. The second-order valence-electron chi connectivity index (χ2n) is 12.8. The molecule has 1 amide bonds. The van der Waals surface area contributed by atoms with Crippen molar-refractivity contribution in [2.45, 2.75) is 71.1 Å². The van der Waals surface area contributed by atoms with E-state index in [1.165, 1.54) is 13.2 Å². The van der Waals surface area contributed by atoms with Gasteiger partial charge in [0.25, 0.3) is 0 Å². The molecule has 2 aromatic heterocycles. The van der Waals surface area contributed by atoms with Crippen molar-refractivity contribution in [3.8, 4) is 5.75 Å². The summed E-state index contributed by atoms with van der Waals surface area (Å²) < 4.78 is 27.5. The number of hydrogen-bond donors (Lipinski definition) is 1. The zero-order chi connectivity index (χ0) is 31.3. The molecule has 0 radical (unpaired) electrons. The molecule has 2 aliphatic rings. The van der Waals surface area contributed by atoms with Gasteiger partial charge in [0.2, 0.25) is 5.91 Å². The number of benzene rings is 2. The lowest BCUT2D eigenvalue weighted by molar-refractivity contribution is -0.129. The number of nitrogens with zero attached hydrogens (tertiary/aromatic N) is 4. The van der Waals surface area contributed by atoms with E-state index in [0.717, 1.165) is 35.0 Å². The molecule has 0 aliphatic carbocycles. The van der Waals surface area contributed by atoms with Crippen molar-refractivity contribution in [2.24, 2.45) is 0 Å². The fourth-order valence-electron chi connectivity index (χ4n) is 6.67. The number of β-amino-alcohol motifs (C(OH)–C–C–N with tert-alkyl or cyclic N) is 1. The minimum Gasteiger partial charge on any atom is -0.494 e. The molecule has 2 aliphatic heterocycles. The number of rotatable bonds is 4. The smallest absolute Gasteiger partial charge is 0.419 e. The highest BCUT2D eigenvalue weighted by molar-refractivity contribution is 6.15. The first-order chi connectivity index (χ1) is 20.9. The molecule has 4 heterocycles. The van der Waals surface area contributed by atoms with Crippen LogP contribution in [0.1, 0.15) is 57.4 Å². The van der Waals surface area contributed by atoms with E-state index in [0.29, 0.717) is 48.3 Å². The van der Waals surface area contributed by atoms with Crippen LogP contribution in [0.2, 0.25) is 0 Å². The van der Waals surface area contributed by atoms with E-state index in [2.05, 4.69) is 4.90 Å². The molecule has 6 rings (SSSR count). The Morgan fingerprint density at radius 2 is 1.84 bits per heavy atom. The number of likely N-dealkylation sites (tertiary alicyclic amines) is 1. The summed E-state index contributed by atoms with van der Waals surface area (Å²) in [5, 5.41) is 12.9. The molecule has 44 heavy (non-hydrogen) atoms. The van der Waals surface area contributed by atoms with E-state index >= 15 is 0 Å².